The molecule has 0 fully saturated rings. The predicted octanol–water partition coefficient (Wildman–Crippen LogP) is 4.40. The zero-order chi connectivity index (χ0) is 21.7. The number of Topliss-reactive ketones (excluding diaryl/α,β-unsaturated/α-hetero) is 1. The van der Waals surface area contributed by atoms with Crippen LogP contribution >= 0.6 is 0 Å². The number of ether oxygens (including phenoxy) is 4. The summed E-state index contributed by atoms with van der Waals surface area (Å²) in [4.78, 5) is 25.0. The van der Waals surface area contributed by atoms with Gasteiger partial charge in [-0.2, -0.15) is 0 Å². The maximum absolute atomic E-state index is 12.5. The summed E-state index contributed by atoms with van der Waals surface area (Å²) >= 11 is 0. The van der Waals surface area contributed by atoms with Crippen molar-refractivity contribution in [3.05, 3.63) is 65.7 Å². The number of hydrogen-bond donors (Lipinski definition) is 0. The van der Waals surface area contributed by atoms with Crippen molar-refractivity contribution >= 4 is 22.5 Å². The molecule has 0 aromatic heterocycles. The molecular weight excluding hydrogens is 384 g/mol. The number of methoxy groups -OCH3 is 3. The van der Waals surface area contributed by atoms with Crippen molar-refractivity contribution in [2.24, 2.45) is 0 Å². The van der Waals surface area contributed by atoms with Gasteiger partial charge in [0.05, 0.1) is 32.8 Å². The lowest BCUT2D eigenvalue weighted by Crippen LogP contribution is -2.19. The predicted molar refractivity (Wildman–Crippen MR) is 114 cm³/mol. The van der Waals surface area contributed by atoms with Crippen molar-refractivity contribution in [3.63, 3.8) is 0 Å². The van der Waals surface area contributed by atoms with Gasteiger partial charge in [-0.25, -0.2) is 0 Å². The van der Waals surface area contributed by atoms with Crippen molar-refractivity contribution < 1.29 is 28.5 Å². The molecule has 0 unspecified atom stereocenters. The number of hydrogen-bond acceptors (Lipinski definition) is 6. The molecule has 0 aliphatic rings. The Morgan fingerprint density at radius 3 is 2.13 bits per heavy atom. The van der Waals surface area contributed by atoms with E-state index in [4.69, 9.17) is 18.9 Å². The zero-order valence-corrected chi connectivity index (χ0v) is 17.4. The first-order valence-corrected chi connectivity index (χ1v) is 9.46. The van der Waals surface area contributed by atoms with Crippen molar-refractivity contribution in [2.75, 3.05) is 27.9 Å². The maximum Gasteiger partial charge on any atom is 0.313 e. The number of ketones is 1. The molecule has 6 nitrogen and oxygen atoms in total. The van der Waals surface area contributed by atoms with Gasteiger partial charge >= 0.3 is 5.97 Å². The standard InChI is InChI=1S/C24H24O6/c1-15(16-5-6-18-12-19(27-2)8-7-17(18)11-16)24(26)30-14-22(25)21-10-9-20(28-3)13-23(21)29-4/h5-13,15H,14H2,1-4H3/t15-/m0/s1. The van der Waals surface area contributed by atoms with E-state index >= 15 is 0 Å². The Morgan fingerprint density at radius 2 is 1.43 bits per heavy atom. The summed E-state index contributed by atoms with van der Waals surface area (Å²) in [7, 11) is 4.62. The highest BCUT2D eigenvalue weighted by Gasteiger charge is 2.20. The van der Waals surface area contributed by atoms with Gasteiger partial charge in [-0.3, -0.25) is 9.59 Å². The van der Waals surface area contributed by atoms with E-state index in [2.05, 4.69) is 0 Å². The molecule has 0 aliphatic heterocycles. The number of fused-ring (bicyclic) bond motifs is 1. The first-order chi connectivity index (χ1) is 14.5. The average Bonchev–Trinajstić information content (AvgIpc) is 2.80. The summed E-state index contributed by atoms with van der Waals surface area (Å²) < 4.78 is 20.9. The molecule has 0 bridgehead atoms. The molecule has 0 radical (unpaired) electrons. The minimum Gasteiger partial charge on any atom is -0.497 e. The largest absolute Gasteiger partial charge is 0.497 e. The Balaban J connectivity index is 1.68. The molecule has 1 atom stereocenters. The lowest BCUT2D eigenvalue weighted by Gasteiger charge is -2.14. The molecule has 0 aliphatic carbocycles. The molecule has 0 amide bonds. The van der Waals surface area contributed by atoms with Crippen LogP contribution in [0.25, 0.3) is 10.8 Å². The normalized spacial score (nSPS) is 11.6. The fourth-order valence-electron chi connectivity index (χ4n) is 3.14. The molecule has 0 saturated carbocycles. The fourth-order valence-corrected chi connectivity index (χ4v) is 3.14. The van der Waals surface area contributed by atoms with Crippen LogP contribution in [0.3, 0.4) is 0 Å². The molecule has 0 N–H and O–H groups in total. The highest BCUT2D eigenvalue weighted by atomic mass is 16.5. The summed E-state index contributed by atoms with van der Waals surface area (Å²) in [6.07, 6.45) is 0. The Hall–Kier alpha value is -3.54. The van der Waals surface area contributed by atoms with Crippen LogP contribution in [0.5, 0.6) is 17.2 Å². The zero-order valence-electron chi connectivity index (χ0n) is 17.4. The molecule has 0 saturated heterocycles. The fraction of sp³-hybridized carbons (Fsp3) is 0.250. The number of carbonyl (C=O) groups is 2. The second-order valence-electron chi connectivity index (χ2n) is 6.79. The van der Waals surface area contributed by atoms with E-state index in [1.165, 1.54) is 14.2 Å². The lowest BCUT2D eigenvalue weighted by atomic mass is 9.98. The summed E-state index contributed by atoms with van der Waals surface area (Å²) in [5.74, 6) is 0.387. The third kappa shape index (κ3) is 4.54. The van der Waals surface area contributed by atoms with E-state index in [0.717, 1.165) is 22.1 Å². The maximum atomic E-state index is 12.5. The second-order valence-corrected chi connectivity index (χ2v) is 6.79. The van der Waals surface area contributed by atoms with Crippen LogP contribution < -0.4 is 14.2 Å². The van der Waals surface area contributed by atoms with Crippen LogP contribution in [0, 0.1) is 0 Å². The highest BCUT2D eigenvalue weighted by Crippen LogP contribution is 2.27. The molecular formula is C24H24O6. The Bertz CT molecular complexity index is 1070. The highest BCUT2D eigenvalue weighted by molar-refractivity contribution is 6.00. The van der Waals surface area contributed by atoms with Crippen LogP contribution in [0.4, 0.5) is 0 Å². The van der Waals surface area contributed by atoms with E-state index in [1.807, 2.05) is 36.4 Å². The topological polar surface area (TPSA) is 71.1 Å². The van der Waals surface area contributed by atoms with Crippen LogP contribution in [-0.2, 0) is 9.53 Å². The van der Waals surface area contributed by atoms with E-state index in [1.54, 1.807) is 32.2 Å². The van der Waals surface area contributed by atoms with Crippen molar-refractivity contribution in [1.82, 2.24) is 0 Å². The second kappa shape index (κ2) is 9.31. The molecule has 3 aromatic rings. The number of esters is 1. The molecule has 156 valence electrons. The third-order valence-corrected chi connectivity index (χ3v) is 4.98. The molecule has 30 heavy (non-hydrogen) atoms. The van der Waals surface area contributed by atoms with Crippen LogP contribution in [0.15, 0.2) is 54.6 Å². The van der Waals surface area contributed by atoms with Gasteiger partial charge in [-0.15, -0.1) is 0 Å². The summed E-state index contributed by atoms with van der Waals surface area (Å²) in [6, 6.07) is 16.4. The van der Waals surface area contributed by atoms with Crippen molar-refractivity contribution in [3.8, 4) is 17.2 Å². The van der Waals surface area contributed by atoms with Gasteiger partial charge in [0.2, 0.25) is 5.78 Å². The number of rotatable bonds is 8. The minimum absolute atomic E-state index is 0.332. The first kappa shape index (κ1) is 21.2. The molecule has 3 rings (SSSR count). The van der Waals surface area contributed by atoms with Gasteiger partial charge in [0.25, 0.3) is 0 Å². The van der Waals surface area contributed by atoms with Crippen LogP contribution in [0.1, 0.15) is 28.8 Å². The Kier molecular flexibility index (Phi) is 6.57. The van der Waals surface area contributed by atoms with Gasteiger partial charge in [-0.05, 0) is 47.5 Å². The molecule has 0 heterocycles. The van der Waals surface area contributed by atoms with Crippen LogP contribution in [-0.4, -0.2) is 39.7 Å². The summed E-state index contributed by atoms with van der Waals surface area (Å²) in [5, 5.41) is 2.01. The van der Waals surface area contributed by atoms with Crippen molar-refractivity contribution in [1.29, 1.82) is 0 Å². The van der Waals surface area contributed by atoms with Gasteiger partial charge in [-0.1, -0.05) is 24.3 Å². The van der Waals surface area contributed by atoms with Gasteiger partial charge in [0.1, 0.15) is 17.2 Å². The van der Waals surface area contributed by atoms with Gasteiger partial charge in [0, 0.05) is 6.07 Å². The average molecular weight is 408 g/mol. The van der Waals surface area contributed by atoms with E-state index < -0.39 is 11.9 Å². The quantitative estimate of drug-likeness (QED) is 0.407. The van der Waals surface area contributed by atoms with Crippen molar-refractivity contribution in [2.45, 2.75) is 12.8 Å². The lowest BCUT2D eigenvalue weighted by molar-refractivity contribution is -0.143. The smallest absolute Gasteiger partial charge is 0.313 e. The number of benzene rings is 3. The van der Waals surface area contributed by atoms with E-state index in [0.29, 0.717) is 17.1 Å². The van der Waals surface area contributed by atoms with Crippen LogP contribution in [0.2, 0.25) is 0 Å². The number of carbonyl (C=O) groups excluding carboxylic acids is 2. The summed E-state index contributed by atoms with van der Waals surface area (Å²) in [6.45, 7) is 1.39. The Morgan fingerprint density at radius 1 is 0.800 bits per heavy atom. The van der Waals surface area contributed by atoms with Gasteiger partial charge < -0.3 is 18.9 Å². The van der Waals surface area contributed by atoms with E-state index in [9.17, 15) is 9.59 Å². The first-order valence-electron chi connectivity index (χ1n) is 9.46. The minimum atomic E-state index is -0.512. The van der Waals surface area contributed by atoms with Gasteiger partial charge in [0.15, 0.2) is 6.61 Å². The third-order valence-electron chi connectivity index (χ3n) is 4.98. The summed E-state index contributed by atoms with van der Waals surface area (Å²) in [5.41, 5.74) is 1.14. The molecule has 6 heteroatoms. The molecule has 0 spiro atoms. The Labute approximate surface area is 175 Å². The SMILES string of the molecule is COc1ccc(C(=O)COC(=O)[C@@H](C)c2ccc3cc(OC)ccc3c2)c(OC)c1. The van der Waals surface area contributed by atoms with E-state index in [-0.39, 0.29) is 12.4 Å². The monoisotopic (exact) mass is 408 g/mol. The molecule has 3 aromatic carbocycles.